The molecule has 1 aromatic heterocycles. The van der Waals surface area contributed by atoms with Crippen molar-refractivity contribution in [3.8, 4) is 0 Å². The molecule has 1 aliphatic rings. The Labute approximate surface area is 106 Å². The third kappa shape index (κ3) is 2.79. The van der Waals surface area contributed by atoms with E-state index in [0.29, 0.717) is 4.75 Å². The molecule has 16 heavy (non-hydrogen) atoms. The van der Waals surface area contributed by atoms with Crippen molar-refractivity contribution in [2.45, 2.75) is 43.9 Å². The molecule has 4 heteroatoms. The normalized spacial score (nSPS) is 19.1. The third-order valence-electron chi connectivity index (χ3n) is 3.53. The fourth-order valence-corrected chi connectivity index (χ4v) is 4.06. The van der Waals surface area contributed by atoms with E-state index in [0.717, 1.165) is 13.1 Å². The van der Waals surface area contributed by atoms with Crippen molar-refractivity contribution in [3.63, 3.8) is 0 Å². The fourth-order valence-electron chi connectivity index (χ4n) is 2.37. The highest BCUT2D eigenvalue weighted by Gasteiger charge is 2.32. The Bertz CT molecular complexity index is 330. The number of nitrogens with one attached hydrogen (secondary N) is 1. The average molecular weight is 256 g/mol. The SMILES string of the molecule is CSC1(CNCc2scnc2C)CCCC1. The van der Waals surface area contributed by atoms with Gasteiger partial charge < -0.3 is 5.32 Å². The van der Waals surface area contributed by atoms with Gasteiger partial charge in [0.1, 0.15) is 0 Å². The molecule has 90 valence electrons. The zero-order chi connectivity index (χ0) is 11.4. The Balaban J connectivity index is 1.81. The molecule has 0 aromatic carbocycles. The molecule has 0 amide bonds. The lowest BCUT2D eigenvalue weighted by Gasteiger charge is -2.27. The molecule has 1 aliphatic carbocycles. The van der Waals surface area contributed by atoms with Crippen LogP contribution in [0.5, 0.6) is 0 Å². The molecule has 0 unspecified atom stereocenters. The third-order valence-corrected chi connectivity index (χ3v) is 5.88. The summed E-state index contributed by atoms with van der Waals surface area (Å²) in [6.45, 7) is 4.22. The molecule has 1 N–H and O–H groups in total. The molecule has 0 bridgehead atoms. The standard InChI is InChI=1S/C12H20N2S2/c1-10-11(16-9-14-10)7-13-8-12(15-2)5-3-4-6-12/h9,13H,3-8H2,1-2H3. The quantitative estimate of drug-likeness (QED) is 0.875. The highest BCUT2D eigenvalue weighted by atomic mass is 32.2. The summed E-state index contributed by atoms with van der Waals surface area (Å²) in [6, 6.07) is 0. The van der Waals surface area contributed by atoms with E-state index in [1.54, 1.807) is 11.3 Å². The zero-order valence-electron chi connectivity index (χ0n) is 10.1. The highest BCUT2D eigenvalue weighted by Crippen LogP contribution is 2.39. The van der Waals surface area contributed by atoms with E-state index >= 15 is 0 Å². The van der Waals surface area contributed by atoms with Crippen LogP contribution in [0, 0.1) is 6.92 Å². The van der Waals surface area contributed by atoms with Crippen molar-refractivity contribution >= 4 is 23.1 Å². The molecule has 0 aliphatic heterocycles. The molecule has 0 atom stereocenters. The maximum absolute atomic E-state index is 4.28. The summed E-state index contributed by atoms with van der Waals surface area (Å²) in [4.78, 5) is 5.66. The van der Waals surface area contributed by atoms with E-state index in [1.807, 2.05) is 17.3 Å². The molecule has 1 fully saturated rings. The molecule has 2 nitrogen and oxygen atoms in total. The van der Waals surface area contributed by atoms with Gasteiger partial charge in [0.15, 0.2) is 0 Å². The first-order valence-electron chi connectivity index (χ1n) is 5.91. The fraction of sp³-hybridized carbons (Fsp3) is 0.750. The summed E-state index contributed by atoms with van der Waals surface area (Å²) in [5.41, 5.74) is 3.12. The summed E-state index contributed by atoms with van der Waals surface area (Å²) in [5, 5.41) is 3.61. The maximum Gasteiger partial charge on any atom is 0.0798 e. The van der Waals surface area contributed by atoms with Crippen LogP contribution in [0.3, 0.4) is 0 Å². The van der Waals surface area contributed by atoms with Gasteiger partial charge in [0.2, 0.25) is 0 Å². The van der Waals surface area contributed by atoms with Gasteiger partial charge in [-0.25, -0.2) is 4.98 Å². The first-order valence-corrected chi connectivity index (χ1v) is 8.01. The van der Waals surface area contributed by atoms with Crippen LogP contribution >= 0.6 is 23.1 Å². The van der Waals surface area contributed by atoms with Gasteiger partial charge in [-0.3, -0.25) is 0 Å². The van der Waals surface area contributed by atoms with Crippen molar-refractivity contribution in [3.05, 3.63) is 16.1 Å². The minimum Gasteiger partial charge on any atom is -0.310 e. The summed E-state index contributed by atoms with van der Waals surface area (Å²) in [7, 11) is 0. The molecule has 1 saturated carbocycles. The Morgan fingerprint density at radius 1 is 1.50 bits per heavy atom. The van der Waals surface area contributed by atoms with Crippen LogP contribution in [0.1, 0.15) is 36.3 Å². The highest BCUT2D eigenvalue weighted by molar-refractivity contribution is 8.00. The van der Waals surface area contributed by atoms with Crippen LogP contribution in [-0.4, -0.2) is 22.5 Å². The Morgan fingerprint density at radius 3 is 2.81 bits per heavy atom. The summed E-state index contributed by atoms with van der Waals surface area (Å²) in [5.74, 6) is 0. The second kappa shape index (κ2) is 5.52. The Morgan fingerprint density at radius 2 is 2.25 bits per heavy atom. The molecule has 2 rings (SSSR count). The molecule has 0 saturated heterocycles. The molecule has 1 aromatic rings. The lowest BCUT2D eigenvalue weighted by Crippen LogP contribution is -2.34. The smallest absolute Gasteiger partial charge is 0.0798 e. The van der Waals surface area contributed by atoms with E-state index < -0.39 is 0 Å². The molecular weight excluding hydrogens is 236 g/mol. The van der Waals surface area contributed by atoms with E-state index in [4.69, 9.17) is 0 Å². The predicted molar refractivity (Wildman–Crippen MR) is 73.3 cm³/mol. The number of aromatic nitrogens is 1. The summed E-state index contributed by atoms with van der Waals surface area (Å²) in [6.07, 6.45) is 7.82. The number of aryl methyl sites for hydroxylation is 1. The predicted octanol–water partition coefficient (Wildman–Crippen LogP) is 3.22. The minimum atomic E-state index is 0.512. The van der Waals surface area contributed by atoms with Gasteiger partial charge in [0.25, 0.3) is 0 Å². The second-order valence-electron chi connectivity index (χ2n) is 4.56. The zero-order valence-corrected chi connectivity index (χ0v) is 11.7. The van der Waals surface area contributed by atoms with Crippen LogP contribution in [0.4, 0.5) is 0 Å². The largest absolute Gasteiger partial charge is 0.310 e. The van der Waals surface area contributed by atoms with Crippen molar-refractivity contribution in [1.29, 1.82) is 0 Å². The van der Waals surface area contributed by atoms with Gasteiger partial charge in [0.05, 0.1) is 11.2 Å². The van der Waals surface area contributed by atoms with Crippen molar-refractivity contribution in [2.24, 2.45) is 0 Å². The Hall–Kier alpha value is -0.0600. The number of thiazole rings is 1. The summed E-state index contributed by atoms with van der Waals surface area (Å²) >= 11 is 3.80. The number of rotatable bonds is 5. The maximum atomic E-state index is 4.28. The number of hydrogen-bond donors (Lipinski definition) is 1. The topological polar surface area (TPSA) is 24.9 Å². The van der Waals surface area contributed by atoms with Crippen LogP contribution < -0.4 is 5.32 Å². The van der Waals surface area contributed by atoms with Crippen LogP contribution in [-0.2, 0) is 6.54 Å². The monoisotopic (exact) mass is 256 g/mol. The van der Waals surface area contributed by atoms with Gasteiger partial charge in [-0.15, -0.1) is 11.3 Å². The van der Waals surface area contributed by atoms with Gasteiger partial charge in [-0.2, -0.15) is 11.8 Å². The first kappa shape index (κ1) is 12.4. The van der Waals surface area contributed by atoms with Gasteiger partial charge in [0, 0.05) is 22.7 Å². The number of nitrogens with zero attached hydrogens (tertiary/aromatic N) is 1. The van der Waals surface area contributed by atoms with Crippen LogP contribution in [0.25, 0.3) is 0 Å². The molecule has 0 spiro atoms. The average Bonchev–Trinajstić information content (AvgIpc) is 2.90. The van der Waals surface area contributed by atoms with Gasteiger partial charge >= 0.3 is 0 Å². The van der Waals surface area contributed by atoms with E-state index in [2.05, 4.69) is 23.5 Å². The Kier molecular flexibility index (Phi) is 4.27. The van der Waals surface area contributed by atoms with Crippen molar-refractivity contribution in [1.82, 2.24) is 10.3 Å². The first-order chi connectivity index (χ1) is 7.76. The molecule has 0 radical (unpaired) electrons. The minimum absolute atomic E-state index is 0.512. The van der Waals surface area contributed by atoms with E-state index in [9.17, 15) is 0 Å². The van der Waals surface area contributed by atoms with Crippen LogP contribution in [0.15, 0.2) is 5.51 Å². The van der Waals surface area contributed by atoms with Gasteiger partial charge in [-0.1, -0.05) is 12.8 Å². The number of hydrogen-bond acceptors (Lipinski definition) is 4. The van der Waals surface area contributed by atoms with E-state index in [-0.39, 0.29) is 0 Å². The molecular formula is C12H20N2S2. The second-order valence-corrected chi connectivity index (χ2v) is 6.77. The lowest BCUT2D eigenvalue weighted by molar-refractivity contribution is 0.535. The summed E-state index contributed by atoms with van der Waals surface area (Å²) < 4.78 is 0.512. The van der Waals surface area contributed by atoms with E-state index in [1.165, 1.54) is 36.3 Å². The van der Waals surface area contributed by atoms with Crippen molar-refractivity contribution in [2.75, 3.05) is 12.8 Å². The molecule has 1 heterocycles. The van der Waals surface area contributed by atoms with Crippen LogP contribution in [0.2, 0.25) is 0 Å². The van der Waals surface area contributed by atoms with Gasteiger partial charge in [-0.05, 0) is 26.0 Å². The lowest BCUT2D eigenvalue weighted by atomic mass is 10.1. The number of thioether (sulfide) groups is 1. The van der Waals surface area contributed by atoms with Crippen molar-refractivity contribution < 1.29 is 0 Å².